The van der Waals surface area contributed by atoms with Crippen LogP contribution < -0.4 is 0 Å². The Morgan fingerprint density at radius 2 is 1.35 bits per heavy atom. The molecule has 6 nitrogen and oxygen atoms in total. The molecule has 3 atom stereocenters. The lowest BCUT2D eigenvalue weighted by Crippen LogP contribution is -2.24. The number of carbonyl (C=O) groups excluding carboxylic acids is 3. The number of hydrogen-bond acceptors (Lipinski definition) is 6. The Morgan fingerprint density at radius 1 is 0.900 bits per heavy atom. The van der Waals surface area contributed by atoms with Gasteiger partial charge < -0.3 is 14.6 Å². The quantitative estimate of drug-likeness (QED) is 0.645. The van der Waals surface area contributed by atoms with Gasteiger partial charge in [0.25, 0.3) is 0 Å². The molecule has 0 aromatic heterocycles. The Kier molecular flexibility index (Phi) is 8.79. The van der Waals surface area contributed by atoms with E-state index in [-0.39, 0.29) is 25.0 Å². The topological polar surface area (TPSA) is 89.9 Å². The molecule has 0 amide bonds. The van der Waals surface area contributed by atoms with E-state index < -0.39 is 30.3 Å². The van der Waals surface area contributed by atoms with E-state index in [4.69, 9.17) is 14.6 Å². The van der Waals surface area contributed by atoms with E-state index in [1.165, 1.54) is 6.92 Å². The van der Waals surface area contributed by atoms with Gasteiger partial charge in [0.2, 0.25) is 0 Å². The van der Waals surface area contributed by atoms with Crippen LogP contribution in [0.15, 0.2) is 0 Å². The zero-order chi connectivity index (χ0) is 15.7. The molecule has 0 saturated heterocycles. The van der Waals surface area contributed by atoms with Crippen molar-refractivity contribution in [2.24, 2.45) is 0 Å². The Labute approximate surface area is 119 Å². The van der Waals surface area contributed by atoms with Gasteiger partial charge >= 0.3 is 11.9 Å². The van der Waals surface area contributed by atoms with Gasteiger partial charge in [-0.3, -0.25) is 14.4 Å². The highest BCUT2D eigenvalue weighted by atomic mass is 16.6. The average molecular weight is 288 g/mol. The monoisotopic (exact) mass is 288 g/mol. The first-order chi connectivity index (χ1) is 9.24. The molecule has 0 aliphatic rings. The highest BCUT2D eigenvalue weighted by Crippen LogP contribution is 2.07. The van der Waals surface area contributed by atoms with Crippen LogP contribution in [0.2, 0.25) is 0 Å². The zero-order valence-electron chi connectivity index (χ0n) is 12.5. The van der Waals surface area contributed by atoms with Crippen LogP contribution in [-0.4, -0.2) is 41.1 Å². The third-order valence-electron chi connectivity index (χ3n) is 2.49. The summed E-state index contributed by atoms with van der Waals surface area (Å²) in [5.74, 6) is -1.05. The number of aliphatic hydroxyl groups excluding tert-OH is 1. The summed E-state index contributed by atoms with van der Waals surface area (Å²) in [5.41, 5.74) is 0. The van der Waals surface area contributed by atoms with Crippen molar-refractivity contribution in [3.63, 3.8) is 0 Å². The van der Waals surface area contributed by atoms with Crippen molar-refractivity contribution in [2.75, 3.05) is 0 Å². The summed E-state index contributed by atoms with van der Waals surface area (Å²) in [7, 11) is 0. The van der Waals surface area contributed by atoms with Gasteiger partial charge in [-0.25, -0.2) is 0 Å². The van der Waals surface area contributed by atoms with Crippen LogP contribution in [0.1, 0.15) is 53.4 Å². The molecule has 0 heterocycles. The van der Waals surface area contributed by atoms with Gasteiger partial charge in [0.15, 0.2) is 0 Å². The molecule has 0 aliphatic carbocycles. The van der Waals surface area contributed by atoms with E-state index in [1.807, 2.05) is 0 Å². The van der Waals surface area contributed by atoms with Crippen molar-refractivity contribution in [1.82, 2.24) is 0 Å². The smallest absolute Gasteiger partial charge is 0.309 e. The summed E-state index contributed by atoms with van der Waals surface area (Å²) in [5, 5.41) is 9.02. The molecule has 0 saturated carbocycles. The number of ketones is 1. The van der Waals surface area contributed by atoms with E-state index in [1.54, 1.807) is 20.8 Å². The fourth-order valence-electron chi connectivity index (χ4n) is 1.57. The Bertz CT molecular complexity index is 337. The van der Waals surface area contributed by atoms with Crippen molar-refractivity contribution in [1.29, 1.82) is 0 Å². The Hall–Kier alpha value is -1.43. The minimum absolute atomic E-state index is 0.0294. The van der Waals surface area contributed by atoms with Crippen molar-refractivity contribution in [3.8, 4) is 0 Å². The number of Topliss-reactive ketones (excluding diaryl/α,β-unsaturated/α-hetero) is 1. The fourth-order valence-corrected chi connectivity index (χ4v) is 1.57. The first kappa shape index (κ1) is 18.6. The summed E-state index contributed by atoms with van der Waals surface area (Å²) in [6.07, 6.45) is -1.45. The van der Waals surface area contributed by atoms with Gasteiger partial charge in [-0.15, -0.1) is 0 Å². The molecule has 0 spiro atoms. The third-order valence-corrected chi connectivity index (χ3v) is 2.49. The third kappa shape index (κ3) is 9.49. The van der Waals surface area contributed by atoms with Crippen LogP contribution >= 0.6 is 0 Å². The van der Waals surface area contributed by atoms with E-state index in [0.717, 1.165) is 0 Å². The van der Waals surface area contributed by atoms with Gasteiger partial charge in [0, 0.05) is 12.8 Å². The van der Waals surface area contributed by atoms with Crippen molar-refractivity contribution >= 4 is 17.7 Å². The average Bonchev–Trinajstić information content (AvgIpc) is 2.26. The van der Waals surface area contributed by atoms with Gasteiger partial charge in [0.05, 0.1) is 18.9 Å². The fraction of sp³-hybridized carbons (Fsp3) is 0.786. The van der Waals surface area contributed by atoms with Crippen molar-refractivity contribution in [2.45, 2.75) is 71.7 Å². The lowest BCUT2D eigenvalue weighted by Gasteiger charge is -2.16. The van der Waals surface area contributed by atoms with Crippen LogP contribution in [0.25, 0.3) is 0 Å². The SMILES string of the molecule is CCC(=O)C[C@@H](C)OC(=O)C[C@@H](C)OC(=O)C[C@@H](C)O. The lowest BCUT2D eigenvalue weighted by atomic mass is 10.1. The molecule has 0 fully saturated rings. The maximum atomic E-state index is 11.6. The number of carbonyl (C=O) groups is 3. The Morgan fingerprint density at radius 3 is 1.80 bits per heavy atom. The van der Waals surface area contributed by atoms with Crippen molar-refractivity contribution < 1.29 is 29.0 Å². The first-order valence-corrected chi connectivity index (χ1v) is 6.83. The maximum Gasteiger partial charge on any atom is 0.309 e. The summed E-state index contributed by atoms with van der Waals surface area (Å²) in [4.78, 5) is 34.0. The van der Waals surface area contributed by atoms with E-state index in [2.05, 4.69) is 0 Å². The minimum Gasteiger partial charge on any atom is -0.462 e. The second-order valence-electron chi connectivity index (χ2n) is 4.95. The standard InChI is InChI=1S/C14H24O6/c1-5-12(16)7-10(3)19-14(18)8-11(4)20-13(17)6-9(2)15/h9-11,15H,5-8H2,1-4H3/t9-,10-,11-/m1/s1. The molecule has 0 aromatic rings. The van der Waals surface area contributed by atoms with Crippen LogP contribution in [0.4, 0.5) is 0 Å². The summed E-state index contributed by atoms with van der Waals surface area (Å²) >= 11 is 0. The lowest BCUT2D eigenvalue weighted by molar-refractivity contribution is -0.157. The van der Waals surface area contributed by atoms with Gasteiger partial charge in [-0.05, 0) is 20.8 Å². The van der Waals surface area contributed by atoms with Crippen LogP contribution in [-0.2, 0) is 23.9 Å². The molecule has 0 bridgehead atoms. The molecule has 0 aliphatic heterocycles. The molecule has 0 aromatic carbocycles. The number of aliphatic hydroxyl groups is 1. The molecule has 116 valence electrons. The molecule has 20 heavy (non-hydrogen) atoms. The predicted octanol–water partition coefficient (Wildman–Crippen LogP) is 1.38. The Balaban J connectivity index is 4.01. The molecule has 1 N–H and O–H groups in total. The summed E-state index contributed by atoms with van der Waals surface area (Å²) < 4.78 is 10.0. The number of hydrogen-bond donors (Lipinski definition) is 1. The number of esters is 2. The molecular weight excluding hydrogens is 264 g/mol. The molecule has 0 rings (SSSR count). The number of ether oxygens (including phenoxy) is 2. The van der Waals surface area contributed by atoms with E-state index in [0.29, 0.717) is 6.42 Å². The van der Waals surface area contributed by atoms with E-state index >= 15 is 0 Å². The second kappa shape index (κ2) is 9.47. The number of rotatable bonds is 9. The highest BCUT2D eigenvalue weighted by molar-refractivity contribution is 5.79. The van der Waals surface area contributed by atoms with Crippen molar-refractivity contribution in [3.05, 3.63) is 0 Å². The van der Waals surface area contributed by atoms with E-state index in [9.17, 15) is 14.4 Å². The zero-order valence-corrected chi connectivity index (χ0v) is 12.5. The second-order valence-corrected chi connectivity index (χ2v) is 4.95. The molecule has 0 unspecified atom stereocenters. The van der Waals surface area contributed by atoms with Gasteiger partial charge in [-0.2, -0.15) is 0 Å². The predicted molar refractivity (Wildman–Crippen MR) is 71.9 cm³/mol. The highest BCUT2D eigenvalue weighted by Gasteiger charge is 2.18. The van der Waals surface area contributed by atoms with Crippen LogP contribution in [0, 0.1) is 0 Å². The van der Waals surface area contributed by atoms with Gasteiger partial charge in [0.1, 0.15) is 18.0 Å². The molecule has 6 heteroatoms. The molecular formula is C14H24O6. The normalized spacial score (nSPS) is 15.1. The van der Waals surface area contributed by atoms with Crippen LogP contribution in [0.3, 0.4) is 0 Å². The summed E-state index contributed by atoms with van der Waals surface area (Å²) in [6, 6.07) is 0. The maximum absolute atomic E-state index is 11.6. The largest absolute Gasteiger partial charge is 0.462 e. The minimum atomic E-state index is -0.776. The first-order valence-electron chi connectivity index (χ1n) is 6.83. The molecule has 0 radical (unpaired) electrons. The summed E-state index contributed by atoms with van der Waals surface area (Å²) in [6.45, 7) is 6.45. The van der Waals surface area contributed by atoms with Gasteiger partial charge in [-0.1, -0.05) is 6.92 Å². The van der Waals surface area contributed by atoms with Crippen LogP contribution in [0.5, 0.6) is 0 Å².